The first kappa shape index (κ1) is 17.7. The highest BCUT2D eigenvalue weighted by Gasteiger charge is 2.26. The topological polar surface area (TPSA) is 40.6 Å². The summed E-state index contributed by atoms with van der Waals surface area (Å²) >= 11 is 0. The van der Waals surface area contributed by atoms with Gasteiger partial charge in [-0.05, 0) is 12.0 Å². The molecule has 23 heavy (non-hydrogen) atoms. The van der Waals surface area contributed by atoms with Crippen LogP contribution in [0, 0.1) is 5.41 Å². The Morgan fingerprint density at radius 2 is 1.61 bits per heavy atom. The first-order chi connectivity index (χ1) is 10.9. The summed E-state index contributed by atoms with van der Waals surface area (Å²) in [7, 11) is 0. The lowest BCUT2D eigenvalue weighted by Gasteiger charge is -2.35. The van der Waals surface area contributed by atoms with Gasteiger partial charge in [0.05, 0.1) is 6.54 Å². The van der Waals surface area contributed by atoms with Crippen LogP contribution in [0.2, 0.25) is 0 Å². The molecule has 0 atom stereocenters. The molecule has 0 unspecified atom stereocenters. The van der Waals surface area contributed by atoms with Crippen LogP contribution >= 0.6 is 0 Å². The fourth-order valence-corrected chi connectivity index (χ4v) is 2.65. The molecule has 1 aliphatic rings. The van der Waals surface area contributed by atoms with E-state index >= 15 is 0 Å². The highest BCUT2D eigenvalue weighted by Crippen LogP contribution is 2.16. The Morgan fingerprint density at radius 3 is 2.17 bits per heavy atom. The van der Waals surface area contributed by atoms with Gasteiger partial charge in [0, 0.05) is 38.0 Å². The second-order valence-corrected chi connectivity index (χ2v) is 7.32. The van der Waals surface area contributed by atoms with E-state index in [1.165, 1.54) is 5.56 Å². The zero-order valence-electron chi connectivity index (χ0n) is 14.5. The molecule has 1 saturated heterocycles. The van der Waals surface area contributed by atoms with Crippen molar-refractivity contribution in [1.29, 1.82) is 0 Å². The number of rotatable bonds is 5. The van der Waals surface area contributed by atoms with Crippen LogP contribution in [0.1, 0.15) is 32.8 Å². The lowest BCUT2D eigenvalue weighted by atomic mass is 9.90. The summed E-state index contributed by atoms with van der Waals surface area (Å²) in [5.41, 5.74) is 0.915. The molecule has 1 amide bonds. The molecule has 0 spiro atoms. The lowest BCUT2D eigenvalue weighted by Crippen LogP contribution is -2.50. The van der Waals surface area contributed by atoms with Gasteiger partial charge in [0.2, 0.25) is 5.91 Å². The molecule has 4 heteroatoms. The standard InChI is InChI=1S/C19H28N2O2/c1-19(2,3)17(22)15-20-11-13-21(14-12-20)18(23)10-9-16-7-5-4-6-8-16/h4-8H,9-15H2,1-3H3. The summed E-state index contributed by atoms with van der Waals surface area (Å²) in [5.74, 6) is 0.483. The maximum Gasteiger partial charge on any atom is 0.222 e. The van der Waals surface area contributed by atoms with Crippen LogP contribution in [0.25, 0.3) is 0 Å². The molecule has 0 saturated carbocycles. The Bertz CT molecular complexity index is 526. The number of carbonyl (C=O) groups is 2. The van der Waals surface area contributed by atoms with Crippen molar-refractivity contribution in [1.82, 2.24) is 9.80 Å². The van der Waals surface area contributed by atoms with Crippen LogP contribution in [-0.2, 0) is 16.0 Å². The first-order valence-electron chi connectivity index (χ1n) is 8.43. The molecule has 1 fully saturated rings. The zero-order valence-corrected chi connectivity index (χ0v) is 14.5. The van der Waals surface area contributed by atoms with Crippen molar-refractivity contribution >= 4 is 11.7 Å². The van der Waals surface area contributed by atoms with Gasteiger partial charge in [-0.3, -0.25) is 14.5 Å². The minimum atomic E-state index is -0.289. The maximum atomic E-state index is 12.3. The van der Waals surface area contributed by atoms with Gasteiger partial charge in [-0.15, -0.1) is 0 Å². The minimum absolute atomic E-state index is 0.218. The Morgan fingerprint density at radius 1 is 1.00 bits per heavy atom. The smallest absolute Gasteiger partial charge is 0.222 e. The Labute approximate surface area is 139 Å². The highest BCUT2D eigenvalue weighted by atomic mass is 16.2. The average molecular weight is 316 g/mol. The van der Waals surface area contributed by atoms with Crippen LogP contribution in [0.5, 0.6) is 0 Å². The van der Waals surface area contributed by atoms with Gasteiger partial charge in [-0.1, -0.05) is 51.1 Å². The van der Waals surface area contributed by atoms with Gasteiger partial charge in [0.15, 0.2) is 5.78 Å². The molecule has 4 nitrogen and oxygen atoms in total. The molecule has 1 aliphatic heterocycles. The second-order valence-electron chi connectivity index (χ2n) is 7.32. The van der Waals surface area contributed by atoms with Crippen molar-refractivity contribution in [3.63, 3.8) is 0 Å². The van der Waals surface area contributed by atoms with E-state index in [1.54, 1.807) is 0 Å². The Kier molecular flexibility index (Phi) is 5.94. The molecule has 0 aromatic heterocycles. The average Bonchev–Trinajstić information content (AvgIpc) is 2.53. The number of carbonyl (C=O) groups excluding carboxylic acids is 2. The van der Waals surface area contributed by atoms with E-state index in [4.69, 9.17) is 0 Å². The number of nitrogens with zero attached hydrogens (tertiary/aromatic N) is 2. The van der Waals surface area contributed by atoms with E-state index in [-0.39, 0.29) is 17.1 Å². The molecule has 1 aromatic rings. The number of ketones is 1. The molecule has 1 heterocycles. The predicted octanol–water partition coefficient (Wildman–Crippen LogP) is 2.38. The largest absolute Gasteiger partial charge is 0.340 e. The zero-order chi connectivity index (χ0) is 16.9. The first-order valence-corrected chi connectivity index (χ1v) is 8.43. The van der Waals surface area contributed by atoms with Crippen LogP contribution < -0.4 is 0 Å². The number of hydrogen-bond donors (Lipinski definition) is 0. The molecule has 126 valence electrons. The summed E-state index contributed by atoms with van der Waals surface area (Å²) in [6.45, 7) is 9.40. The van der Waals surface area contributed by atoms with E-state index in [0.29, 0.717) is 13.0 Å². The highest BCUT2D eigenvalue weighted by molar-refractivity contribution is 5.85. The number of piperazine rings is 1. The van der Waals surface area contributed by atoms with E-state index in [9.17, 15) is 9.59 Å². The van der Waals surface area contributed by atoms with Gasteiger partial charge < -0.3 is 4.90 Å². The maximum absolute atomic E-state index is 12.3. The van der Waals surface area contributed by atoms with Crippen LogP contribution in [-0.4, -0.2) is 54.2 Å². The van der Waals surface area contributed by atoms with Crippen molar-refractivity contribution in [2.24, 2.45) is 5.41 Å². The summed E-state index contributed by atoms with van der Waals surface area (Å²) in [4.78, 5) is 28.5. The number of hydrogen-bond acceptors (Lipinski definition) is 3. The van der Waals surface area contributed by atoms with Crippen LogP contribution in [0.4, 0.5) is 0 Å². The molecule has 0 radical (unpaired) electrons. The fraction of sp³-hybridized carbons (Fsp3) is 0.579. The predicted molar refractivity (Wildman–Crippen MR) is 92.2 cm³/mol. The molecular formula is C19H28N2O2. The molecule has 0 aliphatic carbocycles. The van der Waals surface area contributed by atoms with Crippen molar-refractivity contribution in [3.05, 3.63) is 35.9 Å². The fourth-order valence-electron chi connectivity index (χ4n) is 2.65. The molecule has 0 bridgehead atoms. The Hall–Kier alpha value is -1.68. The molecule has 2 rings (SSSR count). The van der Waals surface area contributed by atoms with Crippen molar-refractivity contribution in [2.75, 3.05) is 32.7 Å². The van der Waals surface area contributed by atoms with Crippen molar-refractivity contribution < 1.29 is 9.59 Å². The summed E-state index contributed by atoms with van der Waals surface area (Å²) in [6.07, 6.45) is 1.35. The van der Waals surface area contributed by atoms with Gasteiger partial charge in [0.1, 0.15) is 0 Å². The monoisotopic (exact) mass is 316 g/mol. The summed E-state index contributed by atoms with van der Waals surface area (Å²) in [6, 6.07) is 10.1. The molecule has 0 N–H and O–H groups in total. The van der Waals surface area contributed by atoms with Gasteiger partial charge >= 0.3 is 0 Å². The third-order valence-corrected chi connectivity index (χ3v) is 4.40. The number of aryl methyl sites for hydroxylation is 1. The van der Waals surface area contributed by atoms with Crippen LogP contribution in [0.3, 0.4) is 0 Å². The van der Waals surface area contributed by atoms with Crippen molar-refractivity contribution in [2.45, 2.75) is 33.6 Å². The lowest BCUT2D eigenvalue weighted by molar-refractivity contribution is -0.133. The third kappa shape index (κ3) is 5.47. The Balaban J connectivity index is 1.73. The van der Waals surface area contributed by atoms with Gasteiger partial charge in [-0.25, -0.2) is 0 Å². The minimum Gasteiger partial charge on any atom is -0.340 e. The van der Waals surface area contributed by atoms with E-state index in [0.717, 1.165) is 32.6 Å². The number of amides is 1. The summed E-state index contributed by atoms with van der Waals surface area (Å²) in [5, 5.41) is 0. The molecular weight excluding hydrogens is 288 g/mol. The number of Topliss-reactive ketones (excluding diaryl/α,β-unsaturated/α-hetero) is 1. The van der Waals surface area contributed by atoms with Gasteiger partial charge in [-0.2, -0.15) is 0 Å². The SMILES string of the molecule is CC(C)(C)C(=O)CN1CCN(C(=O)CCc2ccccc2)CC1. The van der Waals surface area contributed by atoms with Gasteiger partial charge in [0.25, 0.3) is 0 Å². The van der Waals surface area contributed by atoms with E-state index in [2.05, 4.69) is 17.0 Å². The number of benzene rings is 1. The van der Waals surface area contributed by atoms with E-state index < -0.39 is 0 Å². The normalized spacial score (nSPS) is 16.4. The van der Waals surface area contributed by atoms with E-state index in [1.807, 2.05) is 43.9 Å². The quantitative estimate of drug-likeness (QED) is 0.837. The molecule has 1 aromatic carbocycles. The third-order valence-electron chi connectivity index (χ3n) is 4.40. The second kappa shape index (κ2) is 7.73. The van der Waals surface area contributed by atoms with Crippen molar-refractivity contribution in [3.8, 4) is 0 Å². The van der Waals surface area contributed by atoms with Crippen LogP contribution in [0.15, 0.2) is 30.3 Å². The summed E-state index contributed by atoms with van der Waals surface area (Å²) < 4.78 is 0.